The molecule has 1 aromatic carbocycles. The number of ketones is 2. The van der Waals surface area contributed by atoms with Gasteiger partial charge in [-0.3, -0.25) is 14.6 Å². The lowest BCUT2D eigenvalue weighted by molar-refractivity contribution is -0.111. The van der Waals surface area contributed by atoms with E-state index in [0.717, 1.165) is 16.9 Å². The number of fused-ring (bicyclic) bond motifs is 1. The normalized spacial score (nSPS) is 17.2. The van der Waals surface area contributed by atoms with E-state index in [-0.39, 0.29) is 5.41 Å². The lowest BCUT2D eigenvalue weighted by Gasteiger charge is -2.23. The zero-order chi connectivity index (χ0) is 16.6. The molecule has 0 aliphatic carbocycles. The van der Waals surface area contributed by atoms with Gasteiger partial charge in [-0.15, -0.1) is 0 Å². The van der Waals surface area contributed by atoms with E-state index in [0.29, 0.717) is 5.56 Å². The molecule has 0 spiro atoms. The zero-order valence-corrected chi connectivity index (χ0v) is 13.4. The number of pyridine rings is 1. The van der Waals surface area contributed by atoms with Gasteiger partial charge in [-0.05, 0) is 23.8 Å². The highest BCUT2D eigenvalue weighted by Gasteiger charge is 2.38. The third-order valence-electron chi connectivity index (χ3n) is 4.36. The highest BCUT2D eigenvalue weighted by atomic mass is 16.2. The molecule has 3 rings (SSSR count). The molecule has 0 N–H and O–H groups in total. The fraction of sp³-hybridized carbons (Fsp3) is 0.211. The van der Waals surface area contributed by atoms with Crippen LogP contribution in [0.5, 0.6) is 0 Å². The van der Waals surface area contributed by atoms with Gasteiger partial charge in [0.05, 0.1) is 0 Å². The molecule has 2 aromatic rings. The number of rotatable bonds is 3. The second-order valence-corrected chi connectivity index (χ2v) is 6.17. The van der Waals surface area contributed by atoms with Gasteiger partial charge in [0.2, 0.25) is 11.6 Å². The van der Waals surface area contributed by atoms with Crippen LogP contribution < -0.4 is 4.90 Å². The number of hydrogen-bond acceptors (Lipinski definition) is 4. The number of allylic oxidation sites excluding steroid dienone is 2. The Morgan fingerprint density at radius 3 is 2.52 bits per heavy atom. The Labute approximate surface area is 135 Å². The van der Waals surface area contributed by atoms with E-state index in [1.807, 2.05) is 30.1 Å². The number of carbonyl (C=O) groups excluding carboxylic acids is 2. The monoisotopic (exact) mass is 306 g/mol. The SMILES string of the molecule is CN1C(=CC(=O)C(=O)c2cccnc2)C(C)(C)c2ccccc21. The van der Waals surface area contributed by atoms with Crippen molar-refractivity contribution in [1.82, 2.24) is 4.98 Å². The average molecular weight is 306 g/mol. The van der Waals surface area contributed by atoms with Crippen molar-refractivity contribution in [3.05, 3.63) is 71.7 Å². The molecular weight excluding hydrogens is 288 g/mol. The number of benzene rings is 1. The van der Waals surface area contributed by atoms with Crippen LogP contribution in [0.15, 0.2) is 60.6 Å². The number of hydrogen-bond donors (Lipinski definition) is 0. The number of aromatic nitrogens is 1. The van der Waals surface area contributed by atoms with Crippen molar-refractivity contribution >= 4 is 17.3 Å². The van der Waals surface area contributed by atoms with E-state index in [1.54, 1.807) is 18.3 Å². The smallest absolute Gasteiger partial charge is 0.234 e. The first-order valence-corrected chi connectivity index (χ1v) is 7.47. The third-order valence-corrected chi connectivity index (χ3v) is 4.36. The van der Waals surface area contributed by atoms with Gasteiger partial charge < -0.3 is 4.90 Å². The molecule has 1 aromatic heterocycles. The Hall–Kier alpha value is -2.75. The highest BCUT2D eigenvalue weighted by molar-refractivity contribution is 6.47. The summed E-state index contributed by atoms with van der Waals surface area (Å²) < 4.78 is 0. The molecule has 116 valence electrons. The largest absolute Gasteiger partial charge is 0.347 e. The summed E-state index contributed by atoms with van der Waals surface area (Å²) in [5, 5.41) is 0. The van der Waals surface area contributed by atoms with Crippen molar-refractivity contribution in [2.75, 3.05) is 11.9 Å². The van der Waals surface area contributed by atoms with Crippen molar-refractivity contribution in [1.29, 1.82) is 0 Å². The Bertz CT molecular complexity index is 807. The fourth-order valence-electron chi connectivity index (χ4n) is 3.09. The number of Topliss-reactive ketones (excluding diaryl/α,β-unsaturated/α-hetero) is 1. The summed E-state index contributed by atoms with van der Waals surface area (Å²) in [7, 11) is 1.92. The number of nitrogens with zero attached hydrogens (tertiary/aromatic N) is 2. The summed E-state index contributed by atoms with van der Waals surface area (Å²) in [6.45, 7) is 4.12. The minimum Gasteiger partial charge on any atom is -0.347 e. The van der Waals surface area contributed by atoms with Crippen molar-refractivity contribution in [3.63, 3.8) is 0 Å². The molecule has 0 saturated heterocycles. The van der Waals surface area contributed by atoms with Crippen molar-refractivity contribution in [3.8, 4) is 0 Å². The summed E-state index contributed by atoms with van der Waals surface area (Å²) in [4.78, 5) is 30.5. The summed E-state index contributed by atoms with van der Waals surface area (Å²) in [5.74, 6) is -1.06. The molecule has 0 fully saturated rings. The number of anilines is 1. The predicted molar refractivity (Wildman–Crippen MR) is 89.5 cm³/mol. The average Bonchev–Trinajstić information content (AvgIpc) is 2.76. The minimum atomic E-state index is -0.536. The number of carbonyl (C=O) groups is 2. The Balaban J connectivity index is 1.97. The van der Waals surface area contributed by atoms with Gasteiger partial charge in [0.1, 0.15) is 0 Å². The van der Waals surface area contributed by atoms with Gasteiger partial charge >= 0.3 is 0 Å². The molecule has 0 amide bonds. The van der Waals surface area contributed by atoms with Gasteiger partial charge in [0.25, 0.3) is 0 Å². The zero-order valence-electron chi connectivity index (χ0n) is 13.4. The van der Waals surface area contributed by atoms with E-state index in [1.165, 1.54) is 12.3 Å². The van der Waals surface area contributed by atoms with Gasteiger partial charge in [-0.2, -0.15) is 0 Å². The molecule has 4 nitrogen and oxygen atoms in total. The van der Waals surface area contributed by atoms with E-state index >= 15 is 0 Å². The van der Waals surface area contributed by atoms with Gasteiger partial charge in [0.15, 0.2) is 0 Å². The fourth-order valence-corrected chi connectivity index (χ4v) is 3.09. The minimum absolute atomic E-state index is 0.310. The van der Waals surface area contributed by atoms with Gasteiger partial charge in [-0.25, -0.2) is 0 Å². The van der Waals surface area contributed by atoms with E-state index in [2.05, 4.69) is 24.9 Å². The van der Waals surface area contributed by atoms with Gasteiger partial charge in [-0.1, -0.05) is 32.0 Å². The molecule has 0 bridgehead atoms. The van der Waals surface area contributed by atoms with Crippen LogP contribution >= 0.6 is 0 Å². The molecule has 0 unspecified atom stereocenters. The Morgan fingerprint density at radius 2 is 1.87 bits per heavy atom. The first kappa shape index (κ1) is 15.2. The molecule has 1 aliphatic rings. The summed E-state index contributed by atoms with van der Waals surface area (Å²) in [5.41, 5.74) is 3.02. The molecule has 1 aliphatic heterocycles. The maximum absolute atomic E-state index is 12.4. The summed E-state index contributed by atoms with van der Waals surface area (Å²) in [6.07, 6.45) is 4.44. The van der Waals surface area contributed by atoms with Crippen LogP contribution in [0.1, 0.15) is 29.8 Å². The van der Waals surface area contributed by atoms with Crippen molar-refractivity contribution in [2.45, 2.75) is 19.3 Å². The molecule has 4 heteroatoms. The molecule has 0 saturated carbocycles. The van der Waals surface area contributed by atoms with Crippen molar-refractivity contribution in [2.24, 2.45) is 0 Å². The van der Waals surface area contributed by atoms with E-state index in [4.69, 9.17) is 0 Å². The third kappa shape index (κ3) is 2.46. The predicted octanol–water partition coefficient (Wildman–Crippen LogP) is 3.14. The summed E-state index contributed by atoms with van der Waals surface area (Å²) >= 11 is 0. The maximum atomic E-state index is 12.4. The number of para-hydroxylation sites is 1. The van der Waals surface area contributed by atoms with E-state index < -0.39 is 11.6 Å². The second kappa shape index (κ2) is 5.47. The maximum Gasteiger partial charge on any atom is 0.234 e. The topological polar surface area (TPSA) is 50.3 Å². The lowest BCUT2D eigenvalue weighted by atomic mass is 9.83. The molecule has 2 heterocycles. The van der Waals surface area contributed by atoms with Crippen LogP contribution in [0, 0.1) is 0 Å². The first-order valence-electron chi connectivity index (χ1n) is 7.47. The first-order chi connectivity index (χ1) is 10.9. The lowest BCUT2D eigenvalue weighted by Crippen LogP contribution is -2.25. The molecule has 0 radical (unpaired) electrons. The van der Waals surface area contributed by atoms with Crippen LogP contribution in [0.2, 0.25) is 0 Å². The number of likely N-dealkylation sites (N-methyl/N-ethyl adjacent to an activating group) is 1. The van der Waals surface area contributed by atoms with Crippen LogP contribution in [-0.4, -0.2) is 23.6 Å². The van der Waals surface area contributed by atoms with Crippen LogP contribution in [-0.2, 0) is 10.2 Å². The molecule has 23 heavy (non-hydrogen) atoms. The second-order valence-electron chi connectivity index (χ2n) is 6.17. The molecular formula is C19H18N2O2. The van der Waals surface area contributed by atoms with Crippen LogP contribution in [0.3, 0.4) is 0 Å². The van der Waals surface area contributed by atoms with Crippen LogP contribution in [0.25, 0.3) is 0 Å². The Kier molecular flexibility index (Phi) is 3.60. The highest BCUT2D eigenvalue weighted by Crippen LogP contribution is 2.46. The quantitative estimate of drug-likeness (QED) is 0.496. The van der Waals surface area contributed by atoms with E-state index in [9.17, 15) is 9.59 Å². The van der Waals surface area contributed by atoms with Crippen LogP contribution in [0.4, 0.5) is 5.69 Å². The summed E-state index contributed by atoms with van der Waals surface area (Å²) in [6, 6.07) is 11.3. The molecule has 0 atom stereocenters. The standard InChI is InChI=1S/C19H18N2O2/c1-19(2)14-8-4-5-9-15(14)21(3)17(19)11-16(22)18(23)13-7-6-10-20-12-13/h4-12H,1-3H3. The van der Waals surface area contributed by atoms with Gasteiger partial charge in [0, 0.05) is 47.9 Å². The Morgan fingerprint density at radius 1 is 1.13 bits per heavy atom. The van der Waals surface area contributed by atoms with Crippen molar-refractivity contribution < 1.29 is 9.59 Å².